The monoisotopic (exact) mass is 308 g/mol. The maximum atomic E-state index is 12.0. The third-order valence-electron chi connectivity index (χ3n) is 3.15. The Kier molecular flexibility index (Phi) is 4.74. The predicted molar refractivity (Wildman–Crippen MR) is 79.2 cm³/mol. The first-order valence-electron chi connectivity index (χ1n) is 6.54. The van der Waals surface area contributed by atoms with Gasteiger partial charge in [-0.15, -0.1) is 11.3 Å². The standard InChI is InChI=1S/C14H16N2O4S/c1-8-6-11(21-10(8)3-5-13(18)19)14(20)15-7-9-2-4-12(17)16-9/h3,5-6,9H,2,4,7H2,1H3,(H,15,20)(H,16,17)(H,18,19)/b5-3+. The molecule has 112 valence electrons. The Morgan fingerprint density at radius 3 is 2.95 bits per heavy atom. The summed E-state index contributed by atoms with van der Waals surface area (Å²) in [6.45, 7) is 2.23. The lowest BCUT2D eigenvalue weighted by Crippen LogP contribution is -2.38. The van der Waals surface area contributed by atoms with Gasteiger partial charge in [-0.3, -0.25) is 9.59 Å². The molecule has 2 rings (SSSR count). The van der Waals surface area contributed by atoms with Crippen LogP contribution in [0.3, 0.4) is 0 Å². The Bertz CT molecular complexity index is 606. The zero-order valence-electron chi connectivity index (χ0n) is 11.5. The number of carbonyl (C=O) groups is 3. The second-order valence-electron chi connectivity index (χ2n) is 4.84. The van der Waals surface area contributed by atoms with Crippen LogP contribution in [0.4, 0.5) is 0 Å². The van der Waals surface area contributed by atoms with Gasteiger partial charge in [0.1, 0.15) is 0 Å². The second kappa shape index (κ2) is 6.53. The van der Waals surface area contributed by atoms with E-state index in [1.165, 1.54) is 17.4 Å². The van der Waals surface area contributed by atoms with Crippen LogP contribution in [0, 0.1) is 6.92 Å². The lowest BCUT2D eigenvalue weighted by Gasteiger charge is -2.10. The van der Waals surface area contributed by atoms with Crippen molar-refractivity contribution in [3.05, 3.63) is 27.5 Å². The minimum Gasteiger partial charge on any atom is -0.478 e. The molecule has 1 atom stereocenters. The minimum absolute atomic E-state index is 0.00566. The number of hydrogen-bond acceptors (Lipinski definition) is 4. The van der Waals surface area contributed by atoms with Crippen LogP contribution in [-0.2, 0) is 9.59 Å². The van der Waals surface area contributed by atoms with Gasteiger partial charge in [0.15, 0.2) is 0 Å². The van der Waals surface area contributed by atoms with Crippen molar-refractivity contribution in [2.24, 2.45) is 0 Å². The van der Waals surface area contributed by atoms with E-state index in [1.54, 1.807) is 6.07 Å². The summed E-state index contributed by atoms with van der Waals surface area (Å²) in [5.41, 5.74) is 0.858. The van der Waals surface area contributed by atoms with Gasteiger partial charge in [0, 0.05) is 30.0 Å². The average molecular weight is 308 g/mol. The van der Waals surface area contributed by atoms with Gasteiger partial charge < -0.3 is 15.7 Å². The highest BCUT2D eigenvalue weighted by Crippen LogP contribution is 2.23. The average Bonchev–Trinajstić information content (AvgIpc) is 3.00. The van der Waals surface area contributed by atoms with Crippen molar-refractivity contribution in [1.29, 1.82) is 0 Å². The highest BCUT2D eigenvalue weighted by atomic mass is 32.1. The molecule has 21 heavy (non-hydrogen) atoms. The van der Waals surface area contributed by atoms with Crippen LogP contribution < -0.4 is 10.6 Å². The van der Waals surface area contributed by atoms with Gasteiger partial charge in [-0.05, 0) is 31.1 Å². The number of aryl methyl sites for hydroxylation is 1. The minimum atomic E-state index is -1.02. The van der Waals surface area contributed by atoms with Crippen molar-refractivity contribution in [2.75, 3.05) is 6.54 Å². The summed E-state index contributed by atoms with van der Waals surface area (Å²) in [6.07, 6.45) is 3.77. The molecule has 7 heteroatoms. The molecule has 0 radical (unpaired) electrons. The fourth-order valence-electron chi connectivity index (χ4n) is 2.05. The van der Waals surface area contributed by atoms with Gasteiger partial charge in [-0.1, -0.05) is 0 Å². The summed E-state index contributed by atoms with van der Waals surface area (Å²) in [4.78, 5) is 34.9. The summed E-state index contributed by atoms with van der Waals surface area (Å²) in [5.74, 6) is -1.22. The Morgan fingerprint density at radius 2 is 2.33 bits per heavy atom. The Labute approximate surface area is 125 Å². The molecule has 3 N–H and O–H groups in total. The Balaban J connectivity index is 1.95. The zero-order valence-corrected chi connectivity index (χ0v) is 12.3. The maximum absolute atomic E-state index is 12.0. The van der Waals surface area contributed by atoms with E-state index >= 15 is 0 Å². The molecule has 1 aliphatic rings. The van der Waals surface area contributed by atoms with Crippen molar-refractivity contribution < 1.29 is 19.5 Å². The second-order valence-corrected chi connectivity index (χ2v) is 5.93. The maximum Gasteiger partial charge on any atom is 0.328 e. The summed E-state index contributed by atoms with van der Waals surface area (Å²) in [5, 5.41) is 14.2. The molecule has 0 aliphatic carbocycles. The van der Waals surface area contributed by atoms with E-state index in [9.17, 15) is 14.4 Å². The number of carbonyl (C=O) groups excluding carboxylic acids is 2. The number of rotatable bonds is 5. The topological polar surface area (TPSA) is 95.5 Å². The molecule has 0 saturated carbocycles. The van der Waals surface area contributed by atoms with E-state index in [0.29, 0.717) is 17.8 Å². The molecule has 2 heterocycles. The van der Waals surface area contributed by atoms with Gasteiger partial charge in [0.25, 0.3) is 5.91 Å². The summed E-state index contributed by atoms with van der Waals surface area (Å²) in [7, 11) is 0. The molecular formula is C14H16N2O4S. The van der Waals surface area contributed by atoms with Crippen molar-refractivity contribution in [3.8, 4) is 0 Å². The van der Waals surface area contributed by atoms with E-state index in [-0.39, 0.29) is 17.9 Å². The van der Waals surface area contributed by atoms with E-state index in [2.05, 4.69) is 10.6 Å². The largest absolute Gasteiger partial charge is 0.478 e. The van der Waals surface area contributed by atoms with Gasteiger partial charge in [0.2, 0.25) is 5.91 Å². The Hall–Kier alpha value is -2.15. The fourth-order valence-corrected chi connectivity index (χ4v) is 3.05. The van der Waals surface area contributed by atoms with Crippen molar-refractivity contribution >= 4 is 35.2 Å². The molecule has 1 saturated heterocycles. The number of aliphatic carboxylic acids is 1. The normalized spacial score (nSPS) is 18.0. The molecule has 1 aliphatic heterocycles. The highest BCUT2D eigenvalue weighted by Gasteiger charge is 2.21. The molecule has 0 spiro atoms. The fraction of sp³-hybridized carbons (Fsp3) is 0.357. The predicted octanol–water partition coefficient (Wildman–Crippen LogP) is 1.16. The number of nitrogens with one attached hydrogen (secondary N) is 2. The number of carboxylic acid groups (broad SMARTS) is 1. The molecule has 1 unspecified atom stereocenters. The molecule has 0 bridgehead atoms. The van der Waals surface area contributed by atoms with Crippen LogP contribution in [0.1, 0.15) is 33.0 Å². The van der Waals surface area contributed by atoms with Gasteiger partial charge in [-0.25, -0.2) is 4.79 Å². The van der Waals surface area contributed by atoms with Crippen molar-refractivity contribution in [2.45, 2.75) is 25.8 Å². The van der Waals surface area contributed by atoms with Crippen molar-refractivity contribution in [3.63, 3.8) is 0 Å². The molecule has 2 amide bonds. The third-order valence-corrected chi connectivity index (χ3v) is 4.35. The first-order valence-corrected chi connectivity index (χ1v) is 7.36. The quantitative estimate of drug-likeness (QED) is 0.711. The van der Waals surface area contributed by atoms with Crippen LogP contribution in [0.5, 0.6) is 0 Å². The third kappa shape index (κ3) is 4.16. The lowest BCUT2D eigenvalue weighted by atomic mass is 10.2. The molecular weight excluding hydrogens is 292 g/mol. The number of amides is 2. The first kappa shape index (κ1) is 15.2. The number of thiophene rings is 1. The van der Waals surface area contributed by atoms with E-state index in [1.807, 2.05) is 6.92 Å². The van der Waals surface area contributed by atoms with Crippen LogP contribution in [0.15, 0.2) is 12.1 Å². The van der Waals surface area contributed by atoms with Gasteiger partial charge >= 0.3 is 5.97 Å². The van der Waals surface area contributed by atoms with E-state index < -0.39 is 5.97 Å². The summed E-state index contributed by atoms with van der Waals surface area (Å²) >= 11 is 1.24. The summed E-state index contributed by atoms with van der Waals surface area (Å²) < 4.78 is 0. The molecule has 0 aromatic carbocycles. The van der Waals surface area contributed by atoms with E-state index in [0.717, 1.165) is 22.9 Å². The Morgan fingerprint density at radius 1 is 1.57 bits per heavy atom. The van der Waals surface area contributed by atoms with Crippen LogP contribution in [0.2, 0.25) is 0 Å². The highest BCUT2D eigenvalue weighted by molar-refractivity contribution is 7.15. The van der Waals surface area contributed by atoms with Gasteiger partial charge in [0.05, 0.1) is 4.88 Å². The van der Waals surface area contributed by atoms with Crippen LogP contribution in [-0.4, -0.2) is 35.5 Å². The SMILES string of the molecule is Cc1cc(C(=O)NCC2CCC(=O)N2)sc1/C=C/C(=O)O. The molecule has 1 aromatic rings. The zero-order chi connectivity index (χ0) is 15.4. The van der Waals surface area contributed by atoms with Crippen LogP contribution in [0.25, 0.3) is 6.08 Å². The first-order chi connectivity index (χ1) is 9.95. The van der Waals surface area contributed by atoms with Crippen molar-refractivity contribution in [1.82, 2.24) is 10.6 Å². The molecule has 1 aromatic heterocycles. The summed E-state index contributed by atoms with van der Waals surface area (Å²) in [6, 6.07) is 1.73. The molecule has 6 nitrogen and oxygen atoms in total. The number of carboxylic acids is 1. The van der Waals surface area contributed by atoms with Crippen LogP contribution >= 0.6 is 11.3 Å². The van der Waals surface area contributed by atoms with E-state index in [4.69, 9.17) is 5.11 Å². The van der Waals surface area contributed by atoms with Gasteiger partial charge in [-0.2, -0.15) is 0 Å². The lowest BCUT2D eigenvalue weighted by molar-refractivity contribution is -0.131. The number of hydrogen-bond donors (Lipinski definition) is 3. The smallest absolute Gasteiger partial charge is 0.328 e. The molecule has 1 fully saturated rings.